The predicted molar refractivity (Wildman–Crippen MR) is 59.7 cm³/mol. The molecule has 0 aromatic carbocycles. The van der Waals surface area contributed by atoms with E-state index in [4.69, 9.17) is 4.74 Å². The summed E-state index contributed by atoms with van der Waals surface area (Å²) in [6.45, 7) is 1.59. The molecular formula is C13H22O2. The van der Waals surface area contributed by atoms with Crippen molar-refractivity contribution in [3.63, 3.8) is 0 Å². The lowest BCUT2D eigenvalue weighted by molar-refractivity contribution is -0.130. The molecular weight excluding hydrogens is 188 g/mol. The van der Waals surface area contributed by atoms with E-state index in [9.17, 15) is 4.79 Å². The van der Waals surface area contributed by atoms with Crippen LogP contribution in [0.25, 0.3) is 0 Å². The highest BCUT2D eigenvalue weighted by Gasteiger charge is 2.28. The Balaban J connectivity index is 1.87. The van der Waals surface area contributed by atoms with Gasteiger partial charge in [0.05, 0.1) is 0 Å². The van der Waals surface area contributed by atoms with E-state index in [1.165, 1.54) is 25.7 Å². The van der Waals surface area contributed by atoms with E-state index in [1.54, 1.807) is 0 Å². The van der Waals surface area contributed by atoms with Gasteiger partial charge in [0.15, 0.2) is 0 Å². The summed E-state index contributed by atoms with van der Waals surface area (Å²) in [5, 5.41) is 0. The maximum absolute atomic E-state index is 12.3. The van der Waals surface area contributed by atoms with Crippen LogP contribution in [0.4, 0.5) is 0 Å². The first-order chi connectivity index (χ1) is 7.38. The fourth-order valence-electron chi connectivity index (χ4n) is 2.88. The first kappa shape index (κ1) is 11.1. The van der Waals surface area contributed by atoms with E-state index < -0.39 is 0 Å². The molecule has 86 valence electrons. The minimum absolute atomic E-state index is 0.321. The number of carbonyl (C=O) groups excluding carboxylic acids is 1. The number of ketones is 1. The van der Waals surface area contributed by atoms with Crippen LogP contribution >= 0.6 is 0 Å². The van der Waals surface area contributed by atoms with Crippen molar-refractivity contribution < 1.29 is 9.53 Å². The zero-order chi connectivity index (χ0) is 10.5. The van der Waals surface area contributed by atoms with Crippen molar-refractivity contribution in [3.8, 4) is 0 Å². The maximum atomic E-state index is 12.3. The summed E-state index contributed by atoms with van der Waals surface area (Å²) in [4.78, 5) is 12.3. The summed E-state index contributed by atoms with van der Waals surface area (Å²) in [5.41, 5.74) is 0. The minimum Gasteiger partial charge on any atom is -0.381 e. The molecule has 1 saturated carbocycles. The topological polar surface area (TPSA) is 26.3 Å². The van der Waals surface area contributed by atoms with Crippen molar-refractivity contribution in [2.75, 3.05) is 13.2 Å². The fraction of sp³-hybridized carbons (Fsp3) is 0.923. The van der Waals surface area contributed by atoms with Crippen LogP contribution in [0.15, 0.2) is 0 Å². The first-order valence-corrected chi connectivity index (χ1v) is 6.49. The van der Waals surface area contributed by atoms with Crippen molar-refractivity contribution in [1.82, 2.24) is 0 Å². The quantitative estimate of drug-likeness (QED) is 0.655. The van der Waals surface area contributed by atoms with E-state index >= 15 is 0 Å². The second-order valence-electron chi connectivity index (χ2n) is 4.98. The molecule has 15 heavy (non-hydrogen) atoms. The number of ether oxygens (including phenoxy) is 1. The Labute approximate surface area is 92.4 Å². The maximum Gasteiger partial charge on any atom is 0.139 e. The molecule has 2 aliphatic rings. The molecule has 1 aliphatic carbocycles. The van der Waals surface area contributed by atoms with Crippen LogP contribution in [0.5, 0.6) is 0 Å². The molecule has 1 aliphatic heterocycles. The molecule has 2 nitrogen and oxygen atoms in total. The third kappa shape index (κ3) is 3.04. The summed E-state index contributed by atoms with van der Waals surface area (Å²) in [6, 6.07) is 0. The fourth-order valence-corrected chi connectivity index (χ4v) is 2.88. The van der Waals surface area contributed by atoms with Gasteiger partial charge in [0, 0.05) is 25.0 Å². The van der Waals surface area contributed by atoms with Gasteiger partial charge in [-0.15, -0.1) is 0 Å². The average molecular weight is 210 g/mol. The molecule has 0 bridgehead atoms. The molecule has 2 heteroatoms. The Morgan fingerprint density at radius 2 is 1.33 bits per heavy atom. The number of Topliss-reactive ketones (excluding diaryl/α,β-unsaturated/α-hetero) is 1. The van der Waals surface area contributed by atoms with Gasteiger partial charge in [-0.05, 0) is 25.7 Å². The van der Waals surface area contributed by atoms with E-state index in [2.05, 4.69) is 0 Å². The van der Waals surface area contributed by atoms with Crippen molar-refractivity contribution in [2.24, 2.45) is 11.8 Å². The highest BCUT2D eigenvalue weighted by molar-refractivity contribution is 5.83. The van der Waals surface area contributed by atoms with Crippen molar-refractivity contribution >= 4 is 5.78 Å². The Morgan fingerprint density at radius 1 is 0.800 bits per heavy atom. The molecule has 0 amide bonds. The minimum atomic E-state index is 0.321. The highest BCUT2D eigenvalue weighted by Crippen LogP contribution is 2.28. The van der Waals surface area contributed by atoms with Crippen LogP contribution in [-0.4, -0.2) is 19.0 Å². The molecule has 2 fully saturated rings. The van der Waals surface area contributed by atoms with Crippen LogP contribution in [-0.2, 0) is 9.53 Å². The van der Waals surface area contributed by atoms with Crippen molar-refractivity contribution in [3.05, 3.63) is 0 Å². The number of carbonyl (C=O) groups is 1. The summed E-state index contributed by atoms with van der Waals surface area (Å²) in [5.74, 6) is 1.26. The summed E-state index contributed by atoms with van der Waals surface area (Å²) in [6.07, 6.45) is 9.42. The third-order valence-electron chi connectivity index (χ3n) is 3.88. The first-order valence-electron chi connectivity index (χ1n) is 6.49. The summed E-state index contributed by atoms with van der Waals surface area (Å²) < 4.78 is 5.31. The van der Waals surface area contributed by atoms with Gasteiger partial charge in [-0.1, -0.05) is 25.7 Å². The van der Waals surface area contributed by atoms with E-state index in [-0.39, 0.29) is 0 Å². The van der Waals surface area contributed by atoms with Gasteiger partial charge >= 0.3 is 0 Å². The standard InChI is InChI=1S/C13H22O2/c14-13(12-7-9-15-10-8-12)11-5-3-1-2-4-6-11/h11-12H,1-10H2. The van der Waals surface area contributed by atoms with Gasteiger partial charge < -0.3 is 4.74 Å². The lowest BCUT2D eigenvalue weighted by Crippen LogP contribution is -2.28. The lowest BCUT2D eigenvalue weighted by Gasteiger charge is -2.24. The molecule has 2 rings (SSSR count). The number of hydrogen-bond acceptors (Lipinski definition) is 2. The molecule has 0 spiro atoms. The Kier molecular flexibility index (Phi) is 4.18. The largest absolute Gasteiger partial charge is 0.381 e. The van der Waals surface area contributed by atoms with Gasteiger partial charge in [0.1, 0.15) is 5.78 Å². The second kappa shape index (κ2) is 5.64. The summed E-state index contributed by atoms with van der Waals surface area (Å²) >= 11 is 0. The van der Waals surface area contributed by atoms with Crippen molar-refractivity contribution in [1.29, 1.82) is 0 Å². The predicted octanol–water partition coefficient (Wildman–Crippen LogP) is 2.95. The molecule has 0 atom stereocenters. The van der Waals surface area contributed by atoms with Crippen LogP contribution in [0.2, 0.25) is 0 Å². The Bertz CT molecular complexity index is 199. The summed E-state index contributed by atoms with van der Waals surface area (Å²) in [7, 11) is 0. The van der Waals surface area contributed by atoms with Crippen molar-refractivity contribution in [2.45, 2.75) is 51.4 Å². The van der Waals surface area contributed by atoms with Gasteiger partial charge in [-0.25, -0.2) is 0 Å². The highest BCUT2D eigenvalue weighted by atomic mass is 16.5. The molecule has 0 aromatic heterocycles. The van der Waals surface area contributed by atoms with Gasteiger partial charge in [0.2, 0.25) is 0 Å². The molecule has 0 N–H and O–H groups in total. The Hall–Kier alpha value is -0.370. The molecule has 0 aromatic rings. The monoisotopic (exact) mass is 210 g/mol. The molecule has 1 saturated heterocycles. The molecule has 0 radical (unpaired) electrons. The van der Waals surface area contributed by atoms with E-state index in [0.717, 1.165) is 38.9 Å². The number of rotatable bonds is 2. The van der Waals surface area contributed by atoms with Gasteiger partial charge in [0.25, 0.3) is 0 Å². The van der Waals surface area contributed by atoms with Crippen LogP contribution < -0.4 is 0 Å². The number of hydrogen-bond donors (Lipinski definition) is 0. The zero-order valence-electron chi connectivity index (χ0n) is 9.54. The molecule has 0 unspecified atom stereocenters. The van der Waals surface area contributed by atoms with Gasteiger partial charge in [-0.3, -0.25) is 4.79 Å². The smallest absolute Gasteiger partial charge is 0.139 e. The van der Waals surface area contributed by atoms with Crippen LogP contribution in [0.3, 0.4) is 0 Å². The van der Waals surface area contributed by atoms with Crippen LogP contribution in [0, 0.1) is 11.8 Å². The normalized spacial score (nSPS) is 26.1. The van der Waals surface area contributed by atoms with E-state index in [1.807, 2.05) is 0 Å². The second-order valence-corrected chi connectivity index (χ2v) is 4.98. The van der Waals surface area contributed by atoms with E-state index in [0.29, 0.717) is 17.6 Å². The average Bonchev–Trinajstić information content (AvgIpc) is 2.58. The van der Waals surface area contributed by atoms with Crippen LogP contribution in [0.1, 0.15) is 51.4 Å². The SMILES string of the molecule is O=C(C1CCCCCC1)C1CCOCC1. The van der Waals surface area contributed by atoms with Gasteiger partial charge in [-0.2, -0.15) is 0 Å². The lowest BCUT2D eigenvalue weighted by atomic mass is 9.84. The zero-order valence-corrected chi connectivity index (χ0v) is 9.54. The third-order valence-corrected chi connectivity index (χ3v) is 3.88. The Morgan fingerprint density at radius 3 is 1.93 bits per heavy atom. The molecule has 1 heterocycles.